The summed E-state index contributed by atoms with van der Waals surface area (Å²) in [5.74, 6) is -9.76. The van der Waals surface area contributed by atoms with E-state index in [1.165, 1.54) is 165 Å². The summed E-state index contributed by atoms with van der Waals surface area (Å²) < 4.78 is 0. The van der Waals surface area contributed by atoms with Crippen molar-refractivity contribution in [1.29, 1.82) is 0 Å². The highest BCUT2D eigenvalue weighted by atomic mass is 16.3. The van der Waals surface area contributed by atoms with Crippen LogP contribution in [0.5, 0.6) is 40.2 Å². The number of aromatic nitrogens is 1. The van der Waals surface area contributed by atoms with E-state index in [1.807, 2.05) is 0 Å². The summed E-state index contributed by atoms with van der Waals surface area (Å²) in [6.07, 6.45) is 2.14. The maximum atomic E-state index is 15.6. The van der Waals surface area contributed by atoms with Gasteiger partial charge in [-0.3, -0.25) is 52.9 Å². The second-order valence-electron chi connectivity index (χ2n) is 27.7. The first-order valence-corrected chi connectivity index (χ1v) is 36.8. The van der Waals surface area contributed by atoms with E-state index < -0.39 is 113 Å². The first kappa shape index (κ1) is 84.2. The topological polar surface area (TPSA) is 486 Å². The molecule has 9 aromatic rings. The predicted molar refractivity (Wildman–Crippen MR) is 421 cm³/mol. The van der Waals surface area contributed by atoms with Crippen molar-refractivity contribution in [3.05, 3.63) is 263 Å². The quantitative estimate of drug-likeness (QED) is 0.0243. The van der Waals surface area contributed by atoms with Crippen LogP contribution in [0.2, 0.25) is 0 Å². The normalized spacial score (nSPS) is 13.4. The molecule has 8 aromatic carbocycles. The van der Waals surface area contributed by atoms with Crippen molar-refractivity contribution >= 4 is 59.1 Å². The number of carbonyl (C=O) groups excluding carboxylic acids is 10. The molecule has 0 unspecified atom stereocenters. The molecule has 0 aliphatic carbocycles. The van der Waals surface area contributed by atoms with Crippen molar-refractivity contribution in [1.82, 2.24) is 52.8 Å². The SMILES string of the molecule is CC(=O)N[C@@H](Cc1ccc(O)cc1)C(=O)N[C@H](Cc1ccc(O)cc1)C(=O)N[C@@H](Cc1ccc(-c2ccncc2)cc1)C(=O)N[C@H](Cc1ccc(O)cc1)C(=O)N[C@@H](Cc1ccc(O)cc1)C(=O)N[C@H](Cc1ccc(O)cc1)C(=O)N[C@@H](Cc1ccc(O)cc1)C(=O)N[C@H](Cc1ccc(O)cc1)C(=O)N[C@@H](CCCCN)C(N)=O. The number of unbranched alkanes of at least 4 members (excludes halogenated alkanes) is 1. The molecule has 9 atom stereocenters. The smallest absolute Gasteiger partial charge is 0.243 e. The van der Waals surface area contributed by atoms with E-state index in [-0.39, 0.29) is 98.0 Å². The van der Waals surface area contributed by atoms with E-state index in [1.54, 1.807) is 60.9 Å². The Morgan fingerprint density at radius 1 is 0.272 bits per heavy atom. The Morgan fingerprint density at radius 2 is 0.456 bits per heavy atom. The number of phenolic OH excluding ortho intramolecular Hbond substituents is 7. The van der Waals surface area contributed by atoms with Crippen molar-refractivity contribution in [2.24, 2.45) is 11.5 Å². The number of hydrogen-bond donors (Lipinski definition) is 18. The summed E-state index contributed by atoms with van der Waals surface area (Å²) in [4.78, 5) is 151. The lowest BCUT2D eigenvalue weighted by Crippen LogP contribution is -2.61. The van der Waals surface area contributed by atoms with E-state index in [0.717, 1.165) is 11.1 Å². The van der Waals surface area contributed by atoms with Gasteiger partial charge < -0.3 is 95.1 Å². The summed E-state index contributed by atoms with van der Waals surface area (Å²) in [5, 5.41) is 96.6. The lowest BCUT2D eigenvalue weighted by Gasteiger charge is -2.29. The number of nitrogens with one attached hydrogen (secondary N) is 9. The van der Waals surface area contributed by atoms with Crippen LogP contribution in [0.1, 0.15) is 70.7 Å². The van der Waals surface area contributed by atoms with Crippen LogP contribution >= 0.6 is 0 Å². The minimum Gasteiger partial charge on any atom is -0.508 e. The van der Waals surface area contributed by atoms with Gasteiger partial charge in [-0.2, -0.15) is 0 Å². The molecular formula is C85H92N12O17. The zero-order valence-corrected chi connectivity index (χ0v) is 62.3. The molecule has 1 aromatic heterocycles. The van der Waals surface area contributed by atoms with Crippen LogP contribution in [-0.2, 0) is 99.3 Å². The van der Waals surface area contributed by atoms with Gasteiger partial charge in [-0.1, -0.05) is 109 Å². The molecule has 0 fully saturated rings. The number of carbonyl (C=O) groups is 10. The Labute approximate surface area is 657 Å². The fraction of sp³-hybridized carbons (Fsp3) is 0.259. The van der Waals surface area contributed by atoms with Crippen molar-refractivity contribution in [2.75, 3.05) is 6.54 Å². The first-order valence-electron chi connectivity index (χ1n) is 36.8. The number of hydrogen-bond acceptors (Lipinski definition) is 19. The third kappa shape index (κ3) is 26.5. The van der Waals surface area contributed by atoms with Crippen molar-refractivity contribution in [3.63, 3.8) is 0 Å². The van der Waals surface area contributed by atoms with Crippen molar-refractivity contribution in [2.45, 2.75) is 132 Å². The van der Waals surface area contributed by atoms with Gasteiger partial charge >= 0.3 is 0 Å². The zero-order chi connectivity index (χ0) is 81.8. The van der Waals surface area contributed by atoms with Crippen LogP contribution in [0.4, 0.5) is 0 Å². The van der Waals surface area contributed by atoms with Crippen molar-refractivity contribution < 1.29 is 83.7 Å². The van der Waals surface area contributed by atoms with E-state index in [9.17, 15) is 54.9 Å². The highest BCUT2D eigenvalue weighted by Gasteiger charge is 2.37. The average molecular weight is 1550 g/mol. The molecule has 20 N–H and O–H groups in total. The Hall–Kier alpha value is -13.8. The fourth-order valence-electron chi connectivity index (χ4n) is 12.6. The van der Waals surface area contributed by atoms with Gasteiger partial charge in [0.25, 0.3) is 0 Å². The first-order chi connectivity index (χ1) is 54.7. The van der Waals surface area contributed by atoms with E-state index in [0.29, 0.717) is 63.9 Å². The molecule has 594 valence electrons. The van der Waals surface area contributed by atoms with Gasteiger partial charge in [0.1, 0.15) is 94.6 Å². The van der Waals surface area contributed by atoms with Crippen LogP contribution in [0.25, 0.3) is 11.1 Å². The number of nitrogens with zero attached hydrogens (tertiary/aromatic N) is 1. The maximum absolute atomic E-state index is 15.6. The van der Waals surface area contributed by atoms with E-state index in [2.05, 4.69) is 52.8 Å². The Balaban J connectivity index is 1.05. The molecule has 0 saturated carbocycles. The molecule has 29 heteroatoms. The Morgan fingerprint density at radius 3 is 0.649 bits per heavy atom. The minimum atomic E-state index is -1.68. The summed E-state index contributed by atoms with van der Waals surface area (Å²) in [7, 11) is 0. The molecule has 9 rings (SSSR count). The van der Waals surface area contributed by atoms with Gasteiger partial charge in [-0.05, 0) is 179 Å². The van der Waals surface area contributed by atoms with Crippen LogP contribution < -0.4 is 59.3 Å². The van der Waals surface area contributed by atoms with Crippen LogP contribution in [0.3, 0.4) is 0 Å². The summed E-state index contributed by atoms with van der Waals surface area (Å²) in [6, 6.07) is 37.0. The van der Waals surface area contributed by atoms with Crippen LogP contribution in [-0.4, -0.2) is 161 Å². The number of phenols is 7. The molecule has 1 heterocycles. The standard InChI is InChI=1S/C85H92N12O17/c1-50(98)89-69(42-52-7-23-61(99)24-8-52)78(107)91-72(45-54-11-27-63(101)28-12-54)81(110)93-71(43-51-5-21-59(22-6-51)60-37-40-88-41-38-60)80(109)94-74(47-56-15-31-65(103)32-16-56)83(112)96-76(49-58-19-35-67(105)36-20-58)85(114)97-75(48-57-17-33-66(104)34-18-57)84(113)95-73(46-55-13-29-64(102)30-14-55)82(111)92-70(44-53-9-25-62(100)26-10-53)79(108)90-68(77(87)106)4-2-3-39-86/h5-38,40-41,68-76,99-105H,2-4,39,42-49,86H2,1H3,(H2,87,106)(H,89,98)(H,90,108)(H,91,107)(H,92,111)(H,93,110)(H,94,109)(H,95,113)(H,96,112)(H,97,114)/t68-,69-,70+,71-,72+,73-,74+,75+,76-/m0/s1. The molecule has 0 saturated heterocycles. The van der Waals surface area contributed by atoms with Gasteiger partial charge in [0.05, 0.1) is 0 Å². The Bertz CT molecular complexity index is 4740. The lowest BCUT2D eigenvalue weighted by atomic mass is 9.98. The van der Waals surface area contributed by atoms with Crippen LogP contribution in [0.15, 0.2) is 219 Å². The van der Waals surface area contributed by atoms with Crippen LogP contribution in [0, 0.1) is 0 Å². The monoisotopic (exact) mass is 1550 g/mol. The molecule has 10 amide bonds. The largest absolute Gasteiger partial charge is 0.508 e. The summed E-state index contributed by atoms with van der Waals surface area (Å²) in [5.41, 5.74) is 16.5. The fourth-order valence-corrected chi connectivity index (χ4v) is 12.6. The van der Waals surface area contributed by atoms with Gasteiger partial charge in [-0.25, -0.2) is 0 Å². The van der Waals surface area contributed by atoms with Gasteiger partial charge in [0, 0.05) is 70.7 Å². The van der Waals surface area contributed by atoms with E-state index >= 15 is 28.8 Å². The molecule has 0 spiro atoms. The third-order valence-electron chi connectivity index (χ3n) is 18.8. The number of pyridine rings is 1. The lowest BCUT2D eigenvalue weighted by molar-refractivity contribution is -0.136. The third-order valence-corrected chi connectivity index (χ3v) is 18.8. The molecule has 0 aliphatic heterocycles. The number of aromatic hydroxyl groups is 7. The predicted octanol–water partition coefficient (Wildman–Crippen LogP) is 3.93. The number of rotatable bonds is 39. The molecule has 114 heavy (non-hydrogen) atoms. The molecule has 0 bridgehead atoms. The second-order valence-corrected chi connectivity index (χ2v) is 27.7. The molecule has 0 aliphatic rings. The number of nitrogens with two attached hydrogens (primary N) is 2. The van der Waals surface area contributed by atoms with Gasteiger partial charge in [0.2, 0.25) is 59.1 Å². The average Bonchev–Trinajstić information content (AvgIpc) is 0.835. The number of primary amides is 1. The summed E-state index contributed by atoms with van der Waals surface area (Å²) in [6.45, 7) is 1.50. The highest BCUT2D eigenvalue weighted by molar-refractivity contribution is 5.99. The zero-order valence-electron chi connectivity index (χ0n) is 62.3. The van der Waals surface area contributed by atoms with Gasteiger partial charge in [0.15, 0.2) is 0 Å². The maximum Gasteiger partial charge on any atom is 0.243 e. The minimum absolute atomic E-state index is 0.0494. The molecule has 29 nitrogen and oxygen atoms in total. The highest BCUT2D eigenvalue weighted by Crippen LogP contribution is 2.23. The number of benzene rings is 8. The van der Waals surface area contributed by atoms with E-state index in [4.69, 9.17) is 11.5 Å². The van der Waals surface area contributed by atoms with Gasteiger partial charge in [-0.15, -0.1) is 0 Å². The molecule has 0 radical (unpaired) electrons. The van der Waals surface area contributed by atoms with Crippen molar-refractivity contribution in [3.8, 4) is 51.4 Å². The molecular weight excluding hydrogens is 1460 g/mol. The second kappa shape index (κ2) is 41.3. The summed E-state index contributed by atoms with van der Waals surface area (Å²) >= 11 is 0. The Kier molecular flexibility index (Phi) is 30.5. The number of amides is 10.